The fraction of sp³-hybridized carbons (Fsp3) is 0.667. The first kappa shape index (κ1) is 12.6. The summed E-state index contributed by atoms with van der Waals surface area (Å²) in [7, 11) is 0. The molecule has 19 heavy (non-hydrogen) atoms. The van der Waals surface area contributed by atoms with Crippen LogP contribution in [0.5, 0.6) is 0 Å². The molecule has 0 aliphatic carbocycles. The van der Waals surface area contributed by atoms with Crippen molar-refractivity contribution in [1.82, 2.24) is 9.55 Å². The summed E-state index contributed by atoms with van der Waals surface area (Å²) in [6, 6.07) is 1.27. The number of hydrogen-bond acceptors (Lipinski definition) is 5. The molecule has 3 heterocycles. The van der Waals surface area contributed by atoms with E-state index in [4.69, 9.17) is 9.47 Å². The maximum Gasteiger partial charge on any atom is 0.330 e. The van der Waals surface area contributed by atoms with Gasteiger partial charge >= 0.3 is 5.69 Å². The van der Waals surface area contributed by atoms with Crippen molar-refractivity contribution in [1.29, 1.82) is 0 Å². The molecule has 1 unspecified atom stereocenters. The minimum absolute atomic E-state index is 0.0637. The number of ether oxygens (including phenoxy) is 2. The summed E-state index contributed by atoms with van der Waals surface area (Å²) >= 11 is 0. The number of fused-ring (bicyclic) bond motifs is 1. The SMILES string of the molecule is CC1CO[C@H]2[C@@H]1[C@@H](CO)O[C@H]2n1ccc(=O)[nH]c1=O. The second-order valence-corrected chi connectivity index (χ2v) is 5.12. The van der Waals surface area contributed by atoms with Crippen molar-refractivity contribution >= 4 is 0 Å². The zero-order valence-corrected chi connectivity index (χ0v) is 10.5. The highest BCUT2D eigenvalue weighted by molar-refractivity contribution is 4.98. The molecule has 7 heteroatoms. The Balaban J connectivity index is 1.98. The van der Waals surface area contributed by atoms with Crippen LogP contribution in [-0.4, -0.2) is 40.1 Å². The van der Waals surface area contributed by atoms with Crippen LogP contribution in [0.1, 0.15) is 13.2 Å². The first-order chi connectivity index (χ1) is 9.11. The fourth-order valence-corrected chi connectivity index (χ4v) is 3.02. The van der Waals surface area contributed by atoms with E-state index in [0.717, 1.165) is 0 Å². The second kappa shape index (κ2) is 4.59. The van der Waals surface area contributed by atoms with Gasteiger partial charge in [-0.2, -0.15) is 0 Å². The maximum atomic E-state index is 11.8. The van der Waals surface area contributed by atoms with E-state index >= 15 is 0 Å². The van der Waals surface area contributed by atoms with E-state index in [1.165, 1.54) is 16.8 Å². The molecule has 2 fully saturated rings. The zero-order chi connectivity index (χ0) is 13.6. The summed E-state index contributed by atoms with van der Waals surface area (Å²) in [5, 5.41) is 9.38. The Morgan fingerprint density at radius 2 is 2.32 bits per heavy atom. The third kappa shape index (κ3) is 1.94. The molecule has 2 aliphatic rings. The van der Waals surface area contributed by atoms with Crippen LogP contribution < -0.4 is 11.2 Å². The number of aromatic amines is 1. The van der Waals surface area contributed by atoms with E-state index in [1.807, 2.05) is 6.92 Å². The first-order valence-corrected chi connectivity index (χ1v) is 6.31. The Morgan fingerprint density at radius 1 is 1.53 bits per heavy atom. The van der Waals surface area contributed by atoms with Crippen molar-refractivity contribution in [3.8, 4) is 0 Å². The van der Waals surface area contributed by atoms with Crippen molar-refractivity contribution in [3.63, 3.8) is 0 Å². The number of aliphatic hydroxyl groups is 1. The number of aromatic nitrogens is 2. The van der Waals surface area contributed by atoms with Gasteiger partial charge in [-0.05, 0) is 5.92 Å². The van der Waals surface area contributed by atoms with E-state index in [-0.39, 0.29) is 30.7 Å². The fourth-order valence-electron chi connectivity index (χ4n) is 3.02. The van der Waals surface area contributed by atoms with Crippen LogP contribution in [-0.2, 0) is 9.47 Å². The predicted molar refractivity (Wildman–Crippen MR) is 64.7 cm³/mol. The average Bonchev–Trinajstić information content (AvgIpc) is 2.91. The van der Waals surface area contributed by atoms with Crippen LogP contribution >= 0.6 is 0 Å². The van der Waals surface area contributed by atoms with E-state index in [2.05, 4.69) is 4.98 Å². The van der Waals surface area contributed by atoms with E-state index in [1.54, 1.807) is 0 Å². The molecular formula is C12H16N2O5. The van der Waals surface area contributed by atoms with Crippen molar-refractivity contribution in [2.45, 2.75) is 25.4 Å². The van der Waals surface area contributed by atoms with Crippen molar-refractivity contribution in [3.05, 3.63) is 33.1 Å². The highest BCUT2D eigenvalue weighted by Crippen LogP contribution is 2.43. The lowest BCUT2D eigenvalue weighted by molar-refractivity contribution is -0.0763. The average molecular weight is 268 g/mol. The van der Waals surface area contributed by atoms with Crippen LogP contribution in [0.25, 0.3) is 0 Å². The number of aliphatic hydroxyl groups excluding tert-OH is 1. The molecule has 5 atom stereocenters. The number of nitrogens with one attached hydrogen (secondary N) is 1. The van der Waals surface area contributed by atoms with Crippen molar-refractivity contribution in [2.24, 2.45) is 11.8 Å². The molecule has 2 saturated heterocycles. The molecule has 3 rings (SSSR count). The molecule has 7 nitrogen and oxygen atoms in total. The van der Waals surface area contributed by atoms with Gasteiger partial charge < -0.3 is 14.6 Å². The Bertz CT molecular complexity index is 580. The molecule has 0 saturated carbocycles. The van der Waals surface area contributed by atoms with Crippen LogP contribution in [0.2, 0.25) is 0 Å². The number of H-pyrrole nitrogens is 1. The lowest BCUT2D eigenvalue weighted by Crippen LogP contribution is -2.35. The number of nitrogens with zero attached hydrogens (tertiary/aromatic N) is 1. The quantitative estimate of drug-likeness (QED) is 0.723. The van der Waals surface area contributed by atoms with Gasteiger partial charge in [0.1, 0.15) is 6.10 Å². The summed E-state index contributed by atoms with van der Waals surface area (Å²) in [5.74, 6) is 0.333. The minimum Gasteiger partial charge on any atom is -0.394 e. The molecule has 104 valence electrons. The summed E-state index contributed by atoms with van der Waals surface area (Å²) in [4.78, 5) is 25.1. The summed E-state index contributed by atoms with van der Waals surface area (Å²) in [6.45, 7) is 2.52. The topological polar surface area (TPSA) is 93.5 Å². The highest BCUT2D eigenvalue weighted by atomic mass is 16.6. The zero-order valence-electron chi connectivity index (χ0n) is 10.5. The summed E-state index contributed by atoms with van der Waals surface area (Å²) < 4.78 is 12.7. The highest BCUT2D eigenvalue weighted by Gasteiger charge is 2.52. The van der Waals surface area contributed by atoms with Crippen LogP contribution in [0.4, 0.5) is 0 Å². The molecule has 0 bridgehead atoms. The van der Waals surface area contributed by atoms with Gasteiger partial charge in [0.05, 0.1) is 19.3 Å². The Labute approximate surface area is 108 Å². The first-order valence-electron chi connectivity index (χ1n) is 6.31. The van der Waals surface area contributed by atoms with E-state index < -0.39 is 17.5 Å². The molecule has 2 N–H and O–H groups in total. The molecule has 0 radical (unpaired) electrons. The third-order valence-electron chi connectivity index (χ3n) is 3.92. The van der Waals surface area contributed by atoms with E-state index in [9.17, 15) is 14.7 Å². The number of rotatable bonds is 2. The second-order valence-electron chi connectivity index (χ2n) is 5.12. The Hall–Kier alpha value is -1.44. The lowest BCUT2D eigenvalue weighted by atomic mass is 9.89. The largest absolute Gasteiger partial charge is 0.394 e. The lowest BCUT2D eigenvalue weighted by Gasteiger charge is -2.18. The Kier molecular flexibility index (Phi) is 3.04. The van der Waals surface area contributed by atoms with Gasteiger partial charge in [-0.25, -0.2) is 4.79 Å². The van der Waals surface area contributed by atoms with Crippen LogP contribution in [0, 0.1) is 11.8 Å². The standard InChI is InChI=1S/C12H16N2O5/c1-6-5-18-10-9(6)7(4-15)19-11(10)14-3-2-8(16)13-12(14)17/h2-3,6-7,9-11,15H,4-5H2,1H3,(H,13,16,17)/t6?,7-,9+,10+,11-/m1/s1. The minimum atomic E-state index is -0.601. The van der Waals surface area contributed by atoms with Gasteiger partial charge in [0.25, 0.3) is 5.56 Å². The molecule has 2 aliphatic heterocycles. The molecule has 0 aromatic carbocycles. The molecule has 1 aromatic rings. The number of hydrogen-bond donors (Lipinski definition) is 2. The normalized spacial score (nSPS) is 37.5. The summed E-state index contributed by atoms with van der Waals surface area (Å²) in [5.41, 5.74) is -0.979. The van der Waals surface area contributed by atoms with Gasteiger partial charge in [-0.15, -0.1) is 0 Å². The monoisotopic (exact) mass is 268 g/mol. The van der Waals surface area contributed by atoms with E-state index in [0.29, 0.717) is 6.61 Å². The van der Waals surface area contributed by atoms with Gasteiger partial charge in [0.15, 0.2) is 6.23 Å². The smallest absolute Gasteiger partial charge is 0.330 e. The van der Waals surface area contributed by atoms with Crippen molar-refractivity contribution < 1.29 is 14.6 Å². The van der Waals surface area contributed by atoms with Crippen LogP contribution in [0.15, 0.2) is 21.9 Å². The summed E-state index contributed by atoms with van der Waals surface area (Å²) in [6.07, 6.45) is 0.188. The van der Waals surface area contributed by atoms with Gasteiger partial charge in [0, 0.05) is 18.2 Å². The van der Waals surface area contributed by atoms with Gasteiger partial charge in [0.2, 0.25) is 0 Å². The maximum absolute atomic E-state index is 11.8. The van der Waals surface area contributed by atoms with Crippen molar-refractivity contribution in [2.75, 3.05) is 13.2 Å². The van der Waals surface area contributed by atoms with Gasteiger partial charge in [-0.3, -0.25) is 14.3 Å². The predicted octanol–water partition coefficient (Wildman–Crippen LogP) is -0.923. The molecular weight excluding hydrogens is 252 g/mol. The van der Waals surface area contributed by atoms with Crippen LogP contribution in [0.3, 0.4) is 0 Å². The van der Waals surface area contributed by atoms with Gasteiger partial charge in [-0.1, -0.05) is 6.92 Å². The molecule has 0 amide bonds. The Morgan fingerprint density at radius 3 is 3.00 bits per heavy atom. The molecule has 0 spiro atoms. The molecule has 1 aromatic heterocycles. The third-order valence-corrected chi connectivity index (χ3v) is 3.92.